The molecule has 0 aliphatic heterocycles. The third-order valence-electron chi connectivity index (χ3n) is 7.41. The molecule has 258 valence electrons. The van der Waals surface area contributed by atoms with E-state index in [0.29, 0.717) is 35.4 Å². The Morgan fingerprint density at radius 3 is 2.10 bits per heavy atom. The summed E-state index contributed by atoms with van der Waals surface area (Å²) in [5.74, 6) is -0.240. The lowest BCUT2D eigenvalue weighted by atomic mass is 10.1. The van der Waals surface area contributed by atoms with E-state index < -0.39 is 12.0 Å². The Labute approximate surface area is 298 Å². The van der Waals surface area contributed by atoms with Gasteiger partial charge in [0.25, 0.3) is 0 Å². The van der Waals surface area contributed by atoms with Gasteiger partial charge in [-0.05, 0) is 66.7 Å². The molecule has 0 saturated heterocycles. The van der Waals surface area contributed by atoms with Crippen molar-refractivity contribution in [3.8, 4) is 18.1 Å². The SMILES string of the molecule is Cc1cc2sc(C(N)c3cc([N+]#CC(c4ccnc(OCCN(C)C)n4)c4nc5cnc(C)cc5s4)nc(OCCCN(C)C)n3)nc2cn1. The quantitative estimate of drug-likeness (QED) is 0.160. The highest BCUT2D eigenvalue weighted by molar-refractivity contribution is 7.19. The molecule has 0 spiro atoms. The Kier molecular flexibility index (Phi) is 11.1. The minimum Gasteiger partial charge on any atom is -0.462 e. The highest BCUT2D eigenvalue weighted by atomic mass is 32.1. The number of aryl methyl sites for hydroxylation is 2. The van der Waals surface area contributed by atoms with Crippen LogP contribution < -0.4 is 15.2 Å². The monoisotopic (exact) mass is 711 g/mol. The van der Waals surface area contributed by atoms with Crippen LogP contribution >= 0.6 is 22.7 Å². The van der Waals surface area contributed by atoms with Crippen molar-refractivity contribution >= 4 is 48.9 Å². The predicted octanol–water partition coefficient (Wildman–Crippen LogP) is 5.01. The highest BCUT2D eigenvalue weighted by Gasteiger charge is 2.26. The van der Waals surface area contributed by atoms with Gasteiger partial charge >= 0.3 is 17.8 Å². The molecule has 0 aliphatic rings. The third kappa shape index (κ3) is 8.86. The van der Waals surface area contributed by atoms with Crippen molar-refractivity contribution < 1.29 is 9.47 Å². The Morgan fingerprint density at radius 2 is 1.40 bits per heavy atom. The van der Waals surface area contributed by atoms with Gasteiger partial charge in [-0.25, -0.2) is 15.0 Å². The number of aromatic nitrogens is 8. The molecule has 6 aromatic heterocycles. The van der Waals surface area contributed by atoms with Crippen LogP contribution in [-0.4, -0.2) is 104 Å². The van der Waals surface area contributed by atoms with E-state index in [2.05, 4.69) is 35.9 Å². The Bertz CT molecular complexity index is 2160. The fourth-order valence-corrected chi connectivity index (χ4v) is 6.96. The van der Waals surface area contributed by atoms with Crippen molar-refractivity contribution in [2.45, 2.75) is 32.2 Å². The van der Waals surface area contributed by atoms with Crippen LogP contribution in [0.4, 0.5) is 5.82 Å². The van der Waals surface area contributed by atoms with Gasteiger partial charge in [0.05, 0.1) is 56.9 Å². The van der Waals surface area contributed by atoms with E-state index >= 15 is 0 Å². The molecule has 0 saturated carbocycles. The maximum atomic E-state index is 6.78. The number of likely N-dealkylation sites (N-methyl/N-ethyl adjacent to an activating group) is 1. The zero-order chi connectivity index (χ0) is 35.2. The number of fused-ring (bicyclic) bond motifs is 2. The molecule has 2 atom stereocenters. The molecule has 2 N–H and O–H groups in total. The number of ether oxygens (including phenoxy) is 2. The smallest absolute Gasteiger partial charge is 0.435 e. The first-order chi connectivity index (χ1) is 24.1. The second kappa shape index (κ2) is 15.8. The molecule has 0 fully saturated rings. The van der Waals surface area contributed by atoms with Crippen LogP contribution in [0.3, 0.4) is 0 Å². The first-order valence-electron chi connectivity index (χ1n) is 16.1. The van der Waals surface area contributed by atoms with Gasteiger partial charge in [0.1, 0.15) is 22.7 Å². The summed E-state index contributed by atoms with van der Waals surface area (Å²) in [6.07, 6.45) is 5.98. The van der Waals surface area contributed by atoms with E-state index in [1.54, 1.807) is 24.7 Å². The van der Waals surface area contributed by atoms with Gasteiger partial charge < -0.3 is 25.0 Å². The van der Waals surface area contributed by atoms with Crippen LogP contribution in [0.15, 0.2) is 42.9 Å². The van der Waals surface area contributed by atoms with Gasteiger partial charge in [-0.1, -0.05) is 0 Å². The van der Waals surface area contributed by atoms with Gasteiger partial charge in [0.2, 0.25) is 0 Å². The maximum Gasteiger partial charge on any atom is 0.435 e. The van der Waals surface area contributed by atoms with E-state index in [1.807, 2.05) is 65.1 Å². The van der Waals surface area contributed by atoms with Gasteiger partial charge in [-0.15, -0.1) is 22.7 Å². The molecule has 2 unspecified atom stereocenters. The summed E-state index contributed by atoms with van der Waals surface area (Å²) < 4.78 is 13.9. The first kappa shape index (κ1) is 35.1. The molecule has 0 amide bonds. The summed E-state index contributed by atoms with van der Waals surface area (Å²) in [4.78, 5) is 45.6. The van der Waals surface area contributed by atoms with E-state index in [1.165, 1.54) is 22.7 Å². The van der Waals surface area contributed by atoms with E-state index in [9.17, 15) is 0 Å². The first-order valence-corrected chi connectivity index (χ1v) is 17.7. The summed E-state index contributed by atoms with van der Waals surface area (Å²) in [6, 6.07) is 10.6. The van der Waals surface area contributed by atoms with Crippen LogP contribution in [0.1, 0.15) is 51.2 Å². The van der Waals surface area contributed by atoms with Crippen molar-refractivity contribution in [3.63, 3.8) is 0 Å². The molecule has 6 rings (SSSR count). The van der Waals surface area contributed by atoms with Crippen molar-refractivity contribution in [3.05, 3.63) is 80.5 Å². The second-order valence-electron chi connectivity index (χ2n) is 12.2. The second-order valence-corrected chi connectivity index (χ2v) is 14.3. The van der Waals surface area contributed by atoms with Crippen molar-refractivity contribution in [2.24, 2.45) is 5.73 Å². The molecule has 16 heteroatoms. The molecular formula is C34H39N12O2S2+. The average molecular weight is 712 g/mol. The van der Waals surface area contributed by atoms with E-state index in [-0.39, 0.29) is 12.0 Å². The highest BCUT2D eigenvalue weighted by Crippen LogP contribution is 2.33. The molecular weight excluding hydrogens is 673 g/mol. The topological polar surface area (TPSA) is 158 Å². The molecule has 50 heavy (non-hydrogen) atoms. The van der Waals surface area contributed by atoms with Crippen LogP contribution in [0.5, 0.6) is 12.0 Å². The number of nitrogens with two attached hydrogens (primary N) is 1. The van der Waals surface area contributed by atoms with Crippen LogP contribution in [0.25, 0.3) is 25.3 Å². The van der Waals surface area contributed by atoms with E-state index in [4.69, 9.17) is 35.0 Å². The third-order valence-corrected chi connectivity index (χ3v) is 9.59. The van der Waals surface area contributed by atoms with Crippen molar-refractivity contribution in [2.75, 3.05) is 54.5 Å². The maximum absolute atomic E-state index is 6.78. The molecule has 0 bridgehead atoms. The number of hydrogen-bond acceptors (Lipinski definition) is 15. The van der Waals surface area contributed by atoms with Crippen LogP contribution in [-0.2, 0) is 0 Å². The van der Waals surface area contributed by atoms with Gasteiger partial charge in [-0.2, -0.15) is 14.8 Å². The molecule has 0 aromatic carbocycles. The number of hydrogen-bond donors (Lipinski definition) is 1. The normalized spacial score (nSPS) is 12.7. The predicted molar refractivity (Wildman–Crippen MR) is 196 cm³/mol. The Balaban J connectivity index is 1.38. The minimum absolute atomic E-state index is 0.174. The van der Waals surface area contributed by atoms with Crippen molar-refractivity contribution in [1.82, 2.24) is 49.7 Å². The van der Waals surface area contributed by atoms with Gasteiger partial charge in [0.15, 0.2) is 12.0 Å². The number of pyridine rings is 2. The molecule has 6 aromatic rings. The lowest BCUT2D eigenvalue weighted by Gasteiger charge is -2.11. The zero-order valence-electron chi connectivity index (χ0n) is 28.9. The fourth-order valence-electron chi connectivity index (χ4n) is 4.82. The Morgan fingerprint density at radius 1 is 0.760 bits per heavy atom. The minimum atomic E-state index is -0.645. The number of rotatable bonds is 13. The molecule has 6 heterocycles. The molecule has 14 nitrogen and oxygen atoms in total. The zero-order valence-corrected chi connectivity index (χ0v) is 30.5. The lowest BCUT2D eigenvalue weighted by Crippen LogP contribution is -2.20. The molecule has 0 radical (unpaired) electrons. The summed E-state index contributed by atoms with van der Waals surface area (Å²) in [5.41, 5.74) is 11.3. The van der Waals surface area contributed by atoms with Crippen molar-refractivity contribution in [1.29, 1.82) is 0 Å². The van der Waals surface area contributed by atoms with Gasteiger partial charge in [0, 0.05) is 35.7 Å². The van der Waals surface area contributed by atoms with E-state index in [0.717, 1.165) is 56.3 Å². The van der Waals surface area contributed by atoms with Gasteiger partial charge in [-0.3, -0.25) is 9.97 Å². The Hall–Kier alpha value is -4.79. The summed E-state index contributed by atoms with van der Waals surface area (Å²) >= 11 is 3.03. The van der Waals surface area contributed by atoms with Crippen LogP contribution in [0.2, 0.25) is 0 Å². The summed E-state index contributed by atoms with van der Waals surface area (Å²) in [7, 11) is 8.00. The van der Waals surface area contributed by atoms with Crippen LogP contribution in [0, 0.1) is 19.9 Å². The lowest BCUT2D eigenvalue weighted by molar-refractivity contribution is 0.245. The molecule has 0 aliphatic carbocycles. The number of thiazole rings is 2. The number of nitrogens with zero attached hydrogens (tertiary/aromatic N) is 11. The standard InChI is InChI=1S/C34H39N12O2S2/c1-20-14-27-25(18-37-20)40-31(49-27)22(23-8-9-36-33(42-23)48-13-11-46(5)6)17-39-29-16-24(43-34(44-29)47-12-7-10-45(3)4)30(35)32-41-26-19-38-21(2)15-28(26)50-32/h8-9,14-16,18-19,22,30H,7,10-13,35H2,1-6H3/q+1. The summed E-state index contributed by atoms with van der Waals surface area (Å²) in [5, 5.41) is 1.43. The fraction of sp³-hybridized carbons (Fsp3) is 0.382. The largest absolute Gasteiger partial charge is 0.462 e. The summed E-state index contributed by atoms with van der Waals surface area (Å²) in [6.45, 7) is 6.35. The average Bonchev–Trinajstić information content (AvgIpc) is 3.70.